The summed E-state index contributed by atoms with van der Waals surface area (Å²) in [6.45, 7) is 6.38. The van der Waals surface area contributed by atoms with Crippen LogP contribution in [0.2, 0.25) is 0 Å². The molecule has 88 valence electrons. The molecule has 0 unspecified atom stereocenters. The van der Waals surface area contributed by atoms with Gasteiger partial charge in [-0.05, 0) is 32.1 Å². The van der Waals surface area contributed by atoms with Gasteiger partial charge in [-0.2, -0.15) is 0 Å². The third-order valence-electron chi connectivity index (χ3n) is 2.28. The molecule has 0 saturated carbocycles. The third kappa shape index (κ3) is 10.2. The van der Waals surface area contributed by atoms with E-state index in [9.17, 15) is 4.79 Å². The van der Waals surface area contributed by atoms with Crippen LogP contribution in [-0.2, 0) is 9.53 Å². The van der Waals surface area contributed by atoms with E-state index in [1.807, 2.05) is 0 Å². The Hall–Kier alpha value is -0.0600. The first kappa shape index (κ1) is 14.9. The standard InChI is InChI=1S/C12H21IO2/c1-10(7-8-15-12(3)14)5-4-6-11(2)9-13/h6,10H,4-5,7-9H2,1-3H3/b11-6+/t10-/m1/s1. The maximum Gasteiger partial charge on any atom is 0.302 e. The van der Waals surface area contributed by atoms with Gasteiger partial charge in [-0.15, -0.1) is 0 Å². The summed E-state index contributed by atoms with van der Waals surface area (Å²) in [5, 5.41) is 0. The first-order valence-corrected chi connectivity index (χ1v) is 6.93. The van der Waals surface area contributed by atoms with E-state index in [-0.39, 0.29) is 5.97 Å². The molecular weight excluding hydrogens is 303 g/mol. The minimum atomic E-state index is -0.178. The maximum absolute atomic E-state index is 10.5. The van der Waals surface area contributed by atoms with Crippen LogP contribution in [0.15, 0.2) is 11.6 Å². The summed E-state index contributed by atoms with van der Waals surface area (Å²) >= 11 is 2.37. The molecular formula is C12H21IO2. The highest BCUT2D eigenvalue weighted by molar-refractivity contribution is 14.1. The predicted octanol–water partition coefficient (Wildman–Crippen LogP) is 3.74. The second-order valence-corrected chi connectivity index (χ2v) is 4.76. The van der Waals surface area contributed by atoms with Gasteiger partial charge in [0.25, 0.3) is 0 Å². The van der Waals surface area contributed by atoms with E-state index in [0.717, 1.165) is 17.3 Å². The zero-order chi connectivity index (χ0) is 11.7. The Bertz CT molecular complexity index is 212. The van der Waals surface area contributed by atoms with Crippen molar-refractivity contribution >= 4 is 28.6 Å². The number of rotatable bonds is 7. The highest BCUT2D eigenvalue weighted by Crippen LogP contribution is 2.12. The van der Waals surface area contributed by atoms with Crippen molar-refractivity contribution in [1.82, 2.24) is 0 Å². The SMILES string of the molecule is CC(=O)OCC[C@H](C)CC/C=C(\C)CI. The number of carbonyl (C=O) groups excluding carboxylic acids is 1. The average molecular weight is 324 g/mol. The molecule has 0 aromatic rings. The molecule has 0 amide bonds. The van der Waals surface area contributed by atoms with Crippen molar-refractivity contribution in [3.63, 3.8) is 0 Å². The second-order valence-electron chi connectivity index (χ2n) is 4.00. The van der Waals surface area contributed by atoms with Gasteiger partial charge in [0.15, 0.2) is 0 Å². The first-order valence-electron chi connectivity index (χ1n) is 5.41. The summed E-state index contributed by atoms with van der Waals surface area (Å²) in [7, 11) is 0. The lowest BCUT2D eigenvalue weighted by atomic mass is 10.0. The molecule has 1 atom stereocenters. The van der Waals surface area contributed by atoms with Crippen LogP contribution in [0.3, 0.4) is 0 Å². The number of carbonyl (C=O) groups is 1. The fourth-order valence-electron chi connectivity index (χ4n) is 1.22. The monoisotopic (exact) mass is 324 g/mol. The molecule has 0 aliphatic carbocycles. The summed E-state index contributed by atoms with van der Waals surface area (Å²) in [5.41, 5.74) is 1.45. The molecule has 2 nitrogen and oxygen atoms in total. The zero-order valence-electron chi connectivity index (χ0n) is 9.88. The fraction of sp³-hybridized carbons (Fsp3) is 0.750. The molecule has 0 aliphatic heterocycles. The van der Waals surface area contributed by atoms with E-state index in [4.69, 9.17) is 4.74 Å². The molecule has 0 fully saturated rings. The minimum absolute atomic E-state index is 0.178. The molecule has 0 heterocycles. The lowest BCUT2D eigenvalue weighted by molar-refractivity contribution is -0.141. The predicted molar refractivity (Wildman–Crippen MR) is 72.3 cm³/mol. The van der Waals surface area contributed by atoms with E-state index in [1.165, 1.54) is 18.9 Å². The zero-order valence-corrected chi connectivity index (χ0v) is 12.0. The quantitative estimate of drug-likeness (QED) is 0.309. The maximum atomic E-state index is 10.5. The minimum Gasteiger partial charge on any atom is -0.466 e. The van der Waals surface area contributed by atoms with Gasteiger partial charge in [0.1, 0.15) is 0 Å². The average Bonchev–Trinajstić information content (AvgIpc) is 2.17. The number of allylic oxidation sites excluding steroid dienone is 2. The lowest BCUT2D eigenvalue weighted by Gasteiger charge is -2.09. The van der Waals surface area contributed by atoms with Crippen LogP contribution in [0.25, 0.3) is 0 Å². The Labute approximate surface area is 107 Å². The van der Waals surface area contributed by atoms with Crippen LogP contribution in [-0.4, -0.2) is 17.0 Å². The van der Waals surface area contributed by atoms with Crippen molar-refractivity contribution in [2.45, 2.75) is 40.0 Å². The normalized spacial score (nSPS) is 13.7. The van der Waals surface area contributed by atoms with Gasteiger partial charge in [-0.25, -0.2) is 0 Å². The molecule has 0 aromatic carbocycles. The van der Waals surface area contributed by atoms with Crippen LogP contribution in [0, 0.1) is 5.92 Å². The van der Waals surface area contributed by atoms with Crippen LogP contribution in [0.4, 0.5) is 0 Å². The highest BCUT2D eigenvalue weighted by Gasteiger charge is 2.02. The molecule has 0 rings (SSSR count). The smallest absolute Gasteiger partial charge is 0.302 e. The van der Waals surface area contributed by atoms with Gasteiger partial charge >= 0.3 is 5.97 Å². The topological polar surface area (TPSA) is 26.3 Å². The molecule has 0 N–H and O–H groups in total. The summed E-state index contributed by atoms with van der Waals surface area (Å²) in [5.74, 6) is 0.450. The second kappa shape index (κ2) is 9.19. The van der Waals surface area contributed by atoms with E-state index >= 15 is 0 Å². The van der Waals surface area contributed by atoms with Crippen molar-refractivity contribution in [2.24, 2.45) is 5.92 Å². The Morgan fingerprint density at radius 3 is 2.60 bits per heavy atom. The van der Waals surface area contributed by atoms with Crippen LogP contribution < -0.4 is 0 Å². The van der Waals surface area contributed by atoms with Gasteiger partial charge in [0.05, 0.1) is 6.61 Å². The highest BCUT2D eigenvalue weighted by atomic mass is 127. The molecule has 0 aliphatic rings. The summed E-state index contributed by atoms with van der Waals surface area (Å²) in [6.07, 6.45) is 5.58. The molecule has 0 aromatic heterocycles. The van der Waals surface area contributed by atoms with E-state index in [2.05, 4.69) is 42.5 Å². The van der Waals surface area contributed by atoms with Crippen LogP contribution >= 0.6 is 22.6 Å². The summed E-state index contributed by atoms with van der Waals surface area (Å²) < 4.78 is 6.02. The Kier molecular flexibility index (Phi) is 9.15. The van der Waals surface area contributed by atoms with E-state index in [0.29, 0.717) is 12.5 Å². The van der Waals surface area contributed by atoms with Crippen molar-refractivity contribution in [3.05, 3.63) is 11.6 Å². The first-order chi connectivity index (χ1) is 7.06. The third-order valence-corrected chi connectivity index (χ3v) is 3.48. The number of ether oxygens (including phenoxy) is 1. The molecule has 15 heavy (non-hydrogen) atoms. The van der Waals surface area contributed by atoms with Gasteiger partial charge in [-0.1, -0.05) is 41.2 Å². The Morgan fingerprint density at radius 1 is 1.40 bits per heavy atom. The number of alkyl halides is 1. The lowest BCUT2D eigenvalue weighted by Crippen LogP contribution is -2.05. The van der Waals surface area contributed by atoms with Crippen molar-refractivity contribution in [1.29, 1.82) is 0 Å². The van der Waals surface area contributed by atoms with Gasteiger partial charge < -0.3 is 4.74 Å². The van der Waals surface area contributed by atoms with Gasteiger partial charge in [0, 0.05) is 11.4 Å². The van der Waals surface area contributed by atoms with Crippen LogP contribution in [0.1, 0.15) is 40.0 Å². The van der Waals surface area contributed by atoms with Crippen molar-refractivity contribution in [2.75, 3.05) is 11.0 Å². The van der Waals surface area contributed by atoms with Gasteiger partial charge in [-0.3, -0.25) is 4.79 Å². The van der Waals surface area contributed by atoms with E-state index in [1.54, 1.807) is 0 Å². The largest absolute Gasteiger partial charge is 0.466 e. The Balaban J connectivity index is 3.49. The van der Waals surface area contributed by atoms with E-state index < -0.39 is 0 Å². The molecule has 3 heteroatoms. The van der Waals surface area contributed by atoms with Crippen molar-refractivity contribution < 1.29 is 9.53 Å². The molecule has 0 bridgehead atoms. The molecule has 0 saturated heterocycles. The number of hydrogen-bond acceptors (Lipinski definition) is 2. The number of esters is 1. The fourth-order valence-corrected chi connectivity index (χ4v) is 1.53. The number of hydrogen-bond donors (Lipinski definition) is 0. The van der Waals surface area contributed by atoms with Gasteiger partial charge in [0.2, 0.25) is 0 Å². The summed E-state index contributed by atoms with van der Waals surface area (Å²) in [4.78, 5) is 10.5. The number of halogens is 1. The Morgan fingerprint density at radius 2 is 2.07 bits per heavy atom. The molecule has 0 radical (unpaired) electrons. The molecule has 0 spiro atoms. The van der Waals surface area contributed by atoms with Crippen molar-refractivity contribution in [3.8, 4) is 0 Å². The van der Waals surface area contributed by atoms with Crippen LogP contribution in [0.5, 0.6) is 0 Å². The summed E-state index contributed by atoms with van der Waals surface area (Å²) in [6, 6.07) is 0.